The van der Waals surface area contributed by atoms with Crippen LogP contribution in [0.4, 0.5) is 9.18 Å². The number of aryl methyl sites for hydroxylation is 1. The summed E-state index contributed by atoms with van der Waals surface area (Å²) in [5.74, 6) is -0.858. The van der Waals surface area contributed by atoms with Crippen molar-refractivity contribution in [3.05, 3.63) is 88.0 Å². The predicted molar refractivity (Wildman–Crippen MR) is 112 cm³/mol. The first-order chi connectivity index (χ1) is 14.3. The van der Waals surface area contributed by atoms with E-state index < -0.39 is 11.9 Å². The summed E-state index contributed by atoms with van der Waals surface area (Å²) in [7, 11) is 0. The Morgan fingerprint density at radius 2 is 1.73 bits per heavy atom. The fourth-order valence-electron chi connectivity index (χ4n) is 2.99. The van der Waals surface area contributed by atoms with Gasteiger partial charge in [0.25, 0.3) is 5.91 Å². The van der Waals surface area contributed by atoms with E-state index in [1.165, 1.54) is 12.1 Å². The number of hydrogen-bond acceptors (Lipinski definition) is 3. The molecule has 0 spiro atoms. The van der Waals surface area contributed by atoms with Gasteiger partial charge in [0, 0.05) is 35.6 Å². The fraction of sp³-hybridized carbons (Fsp3) is 0.136. The van der Waals surface area contributed by atoms with Crippen LogP contribution in [0, 0.1) is 12.7 Å². The van der Waals surface area contributed by atoms with Crippen LogP contribution in [0.1, 0.15) is 27.2 Å². The van der Waals surface area contributed by atoms with Crippen LogP contribution in [-0.2, 0) is 13.1 Å². The molecule has 154 valence electrons. The van der Waals surface area contributed by atoms with Crippen LogP contribution in [0.25, 0.3) is 11.1 Å². The highest BCUT2D eigenvalue weighted by Crippen LogP contribution is 2.23. The van der Waals surface area contributed by atoms with Crippen molar-refractivity contribution in [2.75, 3.05) is 0 Å². The molecule has 0 saturated carbocycles. The maximum atomic E-state index is 13.5. The zero-order chi connectivity index (χ0) is 21.7. The van der Waals surface area contributed by atoms with E-state index in [2.05, 4.69) is 15.6 Å². The van der Waals surface area contributed by atoms with E-state index in [1.54, 1.807) is 24.4 Å². The molecule has 6 nitrogen and oxygen atoms in total. The van der Waals surface area contributed by atoms with Gasteiger partial charge in [0.15, 0.2) is 0 Å². The number of pyridine rings is 1. The number of carbonyl (C=O) groups is 2. The largest absolute Gasteiger partial charge is 0.465 e. The number of rotatable bonds is 6. The van der Waals surface area contributed by atoms with Crippen LogP contribution < -0.4 is 10.6 Å². The first-order valence-electron chi connectivity index (χ1n) is 9.07. The van der Waals surface area contributed by atoms with Gasteiger partial charge in [0.1, 0.15) is 5.82 Å². The summed E-state index contributed by atoms with van der Waals surface area (Å²) in [6, 6.07) is 12.9. The summed E-state index contributed by atoms with van der Waals surface area (Å²) in [4.78, 5) is 27.8. The van der Waals surface area contributed by atoms with Crippen molar-refractivity contribution >= 4 is 23.6 Å². The SMILES string of the molecule is Cc1cc(-c2cc(CNC(=O)O)cc(C(=O)NCc3cc(F)cc(Cl)c3)c2)ccn1. The molecule has 1 aromatic heterocycles. The van der Waals surface area contributed by atoms with Gasteiger partial charge in [-0.25, -0.2) is 9.18 Å². The Bertz CT molecular complexity index is 1080. The van der Waals surface area contributed by atoms with E-state index in [4.69, 9.17) is 16.7 Å². The molecule has 3 rings (SSSR count). The third kappa shape index (κ3) is 5.78. The van der Waals surface area contributed by atoms with E-state index >= 15 is 0 Å². The van der Waals surface area contributed by atoms with Gasteiger partial charge in [-0.1, -0.05) is 11.6 Å². The molecule has 0 aliphatic heterocycles. The minimum Gasteiger partial charge on any atom is -0.465 e. The Kier molecular flexibility index (Phi) is 6.64. The molecule has 2 aromatic carbocycles. The van der Waals surface area contributed by atoms with E-state index in [0.717, 1.165) is 16.8 Å². The van der Waals surface area contributed by atoms with Crippen LogP contribution in [0.15, 0.2) is 54.7 Å². The van der Waals surface area contributed by atoms with Crippen LogP contribution in [0.3, 0.4) is 0 Å². The minimum absolute atomic E-state index is 0.0486. The Labute approximate surface area is 177 Å². The maximum absolute atomic E-state index is 13.5. The first-order valence-corrected chi connectivity index (χ1v) is 9.45. The number of nitrogens with one attached hydrogen (secondary N) is 2. The molecule has 1 heterocycles. The normalized spacial score (nSPS) is 10.5. The third-order valence-corrected chi connectivity index (χ3v) is 4.52. The highest BCUT2D eigenvalue weighted by Gasteiger charge is 2.12. The number of benzene rings is 2. The lowest BCUT2D eigenvalue weighted by atomic mass is 9.99. The second kappa shape index (κ2) is 9.37. The second-order valence-corrected chi connectivity index (χ2v) is 7.16. The number of halogens is 2. The van der Waals surface area contributed by atoms with Gasteiger partial charge < -0.3 is 15.7 Å². The number of hydrogen-bond donors (Lipinski definition) is 3. The van der Waals surface area contributed by atoms with Crippen molar-refractivity contribution in [1.29, 1.82) is 0 Å². The van der Waals surface area contributed by atoms with E-state index in [-0.39, 0.29) is 24.0 Å². The van der Waals surface area contributed by atoms with Gasteiger partial charge in [-0.15, -0.1) is 0 Å². The average molecular weight is 428 g/mol. The number of carbonyl (C=O) groups excluding carboxylic acids is 1. The Morgan fingerprint density at radius 1 is 1.00 bits per heavy atom. The smallest absolute Gasteiger partial charge is 0.404 e. The number of carboxylic acid groups (broad SMARTS) is 1. The monoisotopic (exact) mass is 427 g/mol. The molecule has 0 aliphatic rings. The molecule has 0 atom stereocenters. The maximum Gasteiger partial charge on any atom is 0.404 e. The van der Waals surface area contributed by atoms with Gasteiger partial charge in [-0.05, 0) is 77.7 Å². The van der Waals surface area contributed by atoms with Gasteiger partial charge in [0.2, 0.25) is 0 Å². The third-order valence-electron chi connectivity index (χ3n) is 4.30. The molecule has 0 fully saturated rings. The zero-order valence-electron chi connectivity index (χ0n) is 16.1. The summed E-state index contributed by atoms with van der Waals surface area (Å²) in [5, 5.41) is 14.2. The molecule has 8 heteroatoms. The summed E-state index contributed by atoms with van der Waals surface area (Å²) in [6.07, 6.45) is 0.509. The lowest BCUT2D eigenvalue weighted by Crippen LogP contribution is -2.24. The van der Waals surface area contributed by atoms with Gasteiger partial charge in [0.05, 0.1) is 0 Å². The van der Waals surface area contributed by atoms with Crippen LogP contribution in [0.2, 0.25) is 5.02 Å². The molecule has 3 aromatic rings. The molecular formula is C22H19ClFN3O3. The van der Waals surface area contributed by atoms with E-state index in [0.29, 0.717) is 16.7 Å². The molecule has 30 heavy (non-hydrogen) atoms. The van der Waals surface area contributed by atoms with Crippen molar-refractivity contribution in [3.63, 3.8) is 0 Å². The Hall–Kier alpha value is -3.45. The Balaban J connectivity index is 1.87. The van der Waals surface area contributed by atoms with Crippen molar-refractivity contribution in [2.24, 2.45) is 0 Å². The number of aromatic nitrogens is 1. The molecule has 0 aliphatic carbocycles. The number of nitrogens with zero attached hydrogens (tertiary/aromatic N) is 1. The van der Waals surface area contributed by atoms with Gasteiger partial charge in [-0.2, -0.15) is 0 Å². The minimum atomic E-state index is -1.16. The molecule has 0 bridgehead atoms. The molecule has 2 amide bonds. The highest BCUT2D eigenvalue weighted by molar-refractivity contribution is 6.30. The average Bonchev–Trinajstić information content (AvgIpc) is 2.69. The summed E-state index contributed by atoms with van der Waals surface area (Å²) < 4.78 is 13.5. The second-order valence-electron chi connectivity index (χ2n) is 6.72. The standard InChI is InChI=1S/C22H19ClFN3O3/c1-13-4-16(2-3-25-13)17-5-14(12-27-22(29)30)6-18(9-17)21(28)26-11-15-7-19(23)10-20(24)8-15/h2-10,27H,11-12H2,1H3,(H,26,28)(H,29,30). The molecule has 0 radical (unpaired) electrons. The lowest BCUT2D eigenvalue weighted by molar-refractivity contribution is 0.0950. The van der Waals surface area contributed by atoms with Crippen molar-refractivity contribution in [3.8, 4) is 11.1 Å². The van der Waals surface area contributed by atoms with Gasteiger partial charge >= 0.3 is 6.09 Å². The fourth-order valence-corrected chi connectivity index (χ4v) is 3.24. The van der Waals surface area contributed by atoms with Gasteiger partial charge in [-0.3, -0.25) is 9.78 Å². The molecular weight excluding hydrogens is 409 g/mol. The van der Waals surface area contributed by atoms with Crippen LogP contribution >= 0.6 is 11.6 Å². The molecule has 0 saturated heterocycles. The van der Waals surface area contributed by atoms with Crippen molar-refractivity contribution in [1.82, 2.24) is 15.6 Å². The lowest BCUT2D eigenvalue weighted by Gasteiger charge is -2.12. The Morgan fingerprint density at radius 3 is 2.43 bits per heavy atom. The summed E-state index contributed by atoms with van der Waals surface area (Å²) >= 11 is 5.85. The zero-order valence-corrected chi connectivity index (χ0v) is 16.8. The summed E-state index contributed by atoms with van der Waals surface area (Å²) in [5.41, 5.74) is 3.93. The van der Waals surface area contributed by atoms with E-state index in [1.807, 2.05) is 25.1 Å². The van der Waals surface area contributed by atoms with Crippen molar-refractivity contribution in [2.45, 2.75) is 20.0 Å². The summed E-state index contributed by atoms with van der Waals surface area (Å²) in [6.45, 7) is 2.00. The first kappa shape index (κ1) is 21.3. The quantitative estimate of drug-likeness (QED) is 0.538. The van der Waals surface area contributed by atoms with Crippen LogP contribution in [0.5, 0.6) is 0 Å². The highest BCUT2D eigenvalue weighted by atomic mass is 35.5. The predicted octanol–water partition coefficient (Wildman–Crippen LogP) is 4.55. The van der Waals surface area contributed by atoms with Crippen LogP contribution in [-0.4, -0.2) is 22.1 Å². The van der Waals surface area contributed by atoms with Crippen molar-refractivity contribution < 1.29 is 19.1 Å². The van der Waals surface area contributed by atoms with E-state index in [9.17, 15) is 14.0 Å². The molecule has 3 N–H and O–H groups in total. The molecule has 0 unspecified atom stereocenters. The number of amides is 2. The topological polar surface area (TPSA) is 91.3 Å².